The molecule has 0 aliphatic heterocycles. The minimum absolute atomic E-state index is 0.0105. The molecule has 1 aliphatic carbocycles. The molecule has 1 aromatic rings. The van der Waals surface area contributed by atoms with Crippen molar-refractivity contribution in [3.63, 3.8) is 0 Å². The molecule has 1 fully saturated rings. The summed E-state index contributed by atoms with van der Waals surface area (Å²) in [6.45, 7) is 2.85. The maximum atomic E-state index is 13.6. The Labute approximate surface area is 247 Å². The van der Waals surface area contributed by atoms with Gasteiger partial charge in [-0.3, -0.25) is 9.36 Å². The van der Waals surface area contributed by atoms with Crippen molar-refractivity contribution in [3.8, 4) is 0 Å². The number of nitrogens with zero attached hydrogens (tertiary/aromatic N) is 1. The SMILES string of the molecule is CCOP(=O)(OCC)C(O)C(CNC(=O)N(C)C)NC(=O)[C@H](CC1CCCCC1)NC(=O)OCc1cccc(Cl)c1. The molecule has 14 heteroatoms. The number of nitrogens with one attached hydrogen (secondary N) is 3. The number of carbonyl (C=O) groups excluding carboxylic acids is 3. The van der Waals surface area contributed by atoms with Crippen molar-refractivity contribution >= 4 is 37.2 Å². The van der Waals surface area contributed by atoms with E-state index in [1.54, 1.807) is 38.1 Å². The second kappa shape index (κ2) is 17.6. The Kier molecular flexibility index (Phi) is 14.9. The lowest BCUT2D eigenvalue weighted by Gasteiger charge is -2.32. The van der Waals surface area contributed by atoms with Gasteiger partial charge in [-0.25, -0.2) is 9.59 Å². The molecule has 232 valence electrons. The normalized spacial score (nSPS) is 16.2. The number of alkyl carbamates (subject to hydrolysis) is 1. The molecule has 2 rings (SSSR count). The lowest BCUT2D eigenvalue weighted by molar-refractivity contribution is -0.124. The first-order chi connectivity index (χ1) is 19.5. The number of benzene rings is 1. The molecule has 12 nitrogen and oxygen atoms in total. The number of hydrogen-bond donors (Lipinski definition) is 4. The highest BCUT2D eigenvalue weighted by atomic mass is 35.5. The average molecular weight is 619 g/mol. The van der Waals surface area contributed by atoms with Gasteiger partial charge in [0.15, 0.2) is 5.85 Å². The number of amides is 4. The minimum atomic E-state index is -4.09. The quantitative estimate of drug-likeness (QED) is 0.213. The van der Waals surface area contributed by atoms with Crippen LogP contribution in [0.2, 0.25) is 5.02 Å². The van der Waals surface area contributed by atoms with E-state index in [0.717, 1.165) is 32.1 Å². The summed E-state index contributed by atoms with van der Waals surface area (Å²) in [7, 11) is -1.03. The monoisotopic (exact) mass is 618 g/mol. The highest BCUT2D eigenvalue weighted by Crippen LogP contribution is 2.53. The van der Waals surface area contributed by atoms with Gasteiger partial charge in [-0.15, -0.1) is 0 Å². The Morgan fingerprint density at radius 2 is 1.76 bits per heavy atom. The molecule has 0 radical (unpaired) electrons. The van der Waals surface area contributed by atoms with E-state index in [1.165, 1.54) is 19.0 Å². The van der Waals surface area contributed by atoms with Crippen molar-refractivity contribution in [2.45, 2.75) is 76.9 Å². The Hall–Kier alpha value is -2.37. The minimum Gasteiger partial charge on any atom is -0.445 e. The van der Waals surface area contributed by atoms with E-state index < -0.39 is 43.6 Å². The Morgan fingerprint density at radius 1 is 1.10 bits per heavy atom. The van der Waals surface area contributed by atoms with Gasteiger partial charge in [-0.1, -0.05) is 55.8 Å². The van der Waals surface area contributed by atoms with Gasteiger partial charge in [0.2, 0.25) is 5.91 Å². The van der Waals surface area contributed by atoms with Crippen molar-refractivity contribution in [3.05, 3.63) is 34.9 Å². The number of ether oxygens (including phenoxy) is 1. The Balaban J connectivity index is 2.22. The van der Waals surface area contributed by atoms with Crippen LogP contribution in [0.1, 0.15) is 57.9 Å². The molecule has 0 bridgehead atoms. The van der Waals surface area contributed by atoms with Crippen LogP contribution in [-0.4, -0.2) is 79.8 Å². The van der Waals surface area contributed by atoms with E-state index in [2.05, 4.69) is 16.0 Å². The van der Waals surface area contributed by atoms with Crippen molar-refractivity contribution in [2.75, 3.05) is 33.9 Å². The van der Waals surface area contributed by atoms with Gasteiger partial charge in [0.25, 0.3) is 0 Å². The third kappa shape index (κ3) is 11.8. The zero-order chi connectivity index (χ0) is 30.4. The smallest absolute Gasteiger partial charge is 0.408 e. The number of aliphatic hydroxyl groups excluding tert-OH is 1. The molecular weight excluding hydrogens is 575 g/mol. The molecule has 4 N–H and O–H groups in total. The van der Waals surface area contributed by atoms with Crippen LogP contribution in [0, 0.1) is 5.92 Å². The van der Waals surface area contributed by atoms with Gasteiger partial charge >= 0.3 is 19.7 Å². The van der Waals surface area contributed by atoms with Crippen molar-refractivity contribution < 1.29 is 37.8 Å². The summed E-state index contributed by atoms with van der Waals surface area (Å²) in [5.74, 6) is -2.22. The van der Waals surface area contributed by atoms with Crippen molar-refractivity contribution in [1.82, 2.24) is 20.9 Å². The first-order valence-corrected chi connectivity index (χ1v) is 16.0. The van der Waals surface area contributed by atoms with Gasteiger partial charge in [0, 0.05) is 25.7 Å². The third-order valence-electron chi connectivity index (χ3n) is 6.67. The lowest BCUT2D eigenvalue weighted by atomic mass is 9.84. The van der Waals surface area contributed by atoms with Gasteiger partial charge < -0.3 is 39.7 Å². The fourth-order valence-electron chi connectivity index (χ4n) is 4.59. The van der Waals surface area contributed by atoms with Crippen LogP contribution in [0.3, 0.4) is 0 Å². The third-order valence-corrected chi connectivity index (χ3v) is 9.15. The highest BCUT2D eigenvalue weighted by molar-refractivity contribution is 7.54. The topological polar surface area (TPSA) is 156 Å². The summed E-state index contributed by atoms with van der Waals surface area (Å²) in [5.41, 5.74) is 0.684. The molecular formula is C27H44ClN4O8P. The second-order valence-electron chi connectivity index (χ2n) is 10.1. The number of hydrogen-bond acceptors (Lipinski definition) is 8. The highest BCUT2D eigenvalue weighted by Gasteiger charge is 2.42. The molecule has 0 aromatic heterocycles. The van der Waals surface area contributed by atoms with Crippen molar-refractivity contribution in [1.29, 1.82) is 0 Å². The van der Waals surface area contributed by atoms with E-state index in [1.807, 2.05) is 0 Å². The maximum absolute atomic E-state index is 13.6. The zero-order valence-electron chi connectivity index (χ0n) is 24.3. The van der Waals surface area contributed by atoms with Crippen molar-refractivity contribution in [2.24, 2.45) is 5.92 Å². The lowest BCUT2D eigenvalue weighted by Crippen LogP contribution is -2.56. The van der Waals surface area contributed by atoms with E-state index in [0.29, 0.717) is 17.0 Å². The van der Waals surface area contributed by atoms with E-state index in [9.17, 15) is 24.1 Å². The number of aliphatic hydroxyl groups is 1. The summed E-state index contributed by atoms with van der Waals surface area (Å²) < 4.78 is 29.3. The largest absolute Gasteiger partial charge is 0.445 e. The van der Waals surface area contributed by atoms with Gasteiger partial charge in [-0.05, 0) is 43.9 Å². The molecule has 1 aromatic carbocycles. The molecule has 0 saturated heterocycles. The van der Waals surface area contributed by atoms with Gasteiger partial charge in [0.1, 0.15) is 12.6 Å². The Bertz CT molecular complexity index is 1030. The summed E-state index contributed by atoms with van der Waals surface area (Å²) in [6, 6.07) is 4.12. The Morgan fingerprint density at radius 3 is 2.34 bits per heavy atom. The van der Waals surface area contributed by atoms with Crippen LogP contribution >= 0.6 is 19.2 Å². The van der Waals surface area contributed by atoms with Crippen LogP contribution in [0.4, 0.5) is 9.59 Å². The summed E-state index contributed by atoms with van der Waals surface area (Å²) >= 11 is 6.01. The number of halogens is 1. The molecule has 0 heterocycles. The maximum Gasteiger partial charge on any atom is 0.408 e. The standard InChI is InChI=1S/C27H44ClN4O8P/c1-5-39-41(37,40-6-2)25(34)23(17-29-26(35)32(3)4)30-24(33)22(16-19-11-8-7-9-12-19)31-27(36)38-18-20-13-10-14-21(28)15-20/h10,13-15,19,22-23,25,34H,5-9,11-12,16-18H2,1-4H3,(H,29,35)(H,30,33)(H,31,36)/t22-,23?,25?/m0/s1. The summed E-state index contributed by atoms with van der Waals surface area (Å²) in [5, 5.41) is 19.5. The summed E-state index contributed by atoms with van der Waals surface area (Å²) in [6.07, 6.45) is 4.55. The predicted molar refractivity (Wildman–Crippen MR) is 156 cm³/mol. The predicted octanol–water partition coefficient (Wildman–Crippen LogP) is 4.25. The number of rotatable bonds is 15. The molecule has 1 saturated carbocycles. The van der Waals surface area contributed by atoms with Crippen LogP contribution < -0.4 is 16.0 Å². The molecule has 4 amide bonds. The fraction of sp³-hybridized carbons (Fsp3) is 0.667. The number of carbonyl (C=O) groups is 3. The van der Waals surface area contributed by atoms with E-state index >= 15 is 0 Å². The molecule has 41 heavy (non-hydrogen) atoms. The first-order valence-electron chi connectivity index (χ1n) is 14.0. The van der Waals surface area contributed by atoms with Crippen LogP contribution in [0.25, 0.3) is 0 Å². The molecule has 0 spiro atoms. The first kappa shape index (κ1) is 34.8. The number of urea groups is 1. The average Bonchev–Trinajstić information content (AvgIpc) is 2.94. The van der Waals surface area contributed by atoms with E-state index in [-0.39, 0.29) is 32.3 Å². The molecule has 1 aliphatic rings. The van der Waals surface area contributed by atoms with Crippen LogP contribution in [-0.2, 0) is 29.8 Å². The van der Waals surface area contributed by atoms with E-state index in [4.69, 9.17) is 25.4 Å². The second-order valence-corrected chi connectivity index (χ2v) is 12.7. The van der Waals surface area contributed by atoms with Gasteiger partial charge in [-0.2, -0.15) is 0 Å². The van der Waals surface area contributed by atoms with Gasteiger partial charge in [0.05, 0.1) is 19.3 Å². The van der Waals surface area contributed by atoms with Crippen LogP contribution in [0.15, 0.2) is 24.3 Å². The summed E-state index contributed by atoms with van der Waals surface area (Å²) in [4.78, 5) is 39.9. The molecule has 2 unspecified atom stereocenters. The zero-order valence-corrected chi connectivity index (χ0v) is 25.9. The fourth-order valence-corrected chi connectivity index (χ4v) is 6.52. The van der Waals surface area contributed by atoms with Crippen LogP contribution in [0.5, 0.6) is 0 Å². The molecule has 3 atom stereocenters.